The molecule has 0 aliphatic carbocycles. The Morgan fingerprint density at radius 1 is 1.14 bits per heavy atom. The van der Waals surface area contributed by atoms with Gasteiger partial charge in [-0.15, -0.1) is 0 Å². The topological polar surface area (TPSA) is 77.2 Å². The number of nitrogens with one attached hydrogen (secondary N) is 1. The van der Waals surface area contributed by atoms with Crippen molar-refractivity contribution in [2.75, 3.05) is 12.4 Å². The van der Waals surface area contributed by atoms with E-state index in [2.05, 4.69) is 31.2 Å². The van der Waals surface area contributed by atoms with Gasteiger partial charge in [0.05, 0.1) is 12.7 Å². The molecule has 0 radical (unpaired) electrons. The van der Waals surface area contributed by atoms with Crippen molar-refractivity contribution in [3.05, 3.63) is 70.5 Å². The number of aromatic nitrogens is 2. The molecule has 0 aliphatic rings. The number of oxazole rings is 1. The molecular formula is C21H16BrN3O3. The number of amides is 1. The Morgan fingerprint density at radius 2 is 1.93 bits per heavy atom. The molecule has 0 saturated carbocycles. The number of methoxy groups -OCH3 is 1. The molecule has 0 fully saturated rings. The number of carbonyl (C=O) groups excluding carboxylic acids is 1. The van der Waals surface area contributed by atoms with E-state index < -0.39 is 0 Å². The van der Waals surface area contributed by atoms with Crippen LogP contribution in [0.4, 0.5) is 5.69 Å². The van der Waals surface area contributed by atoms with Gasteiger partial charge in [0.1, 0.15) is 11.3 Å². The first-order chi connectivity index (χ1) is 13.5. The average molecular weight is 438 g/mol. The summed E-state index contributed by atoms with van der Waals surface area (Å²) >= 11 is 3.43. The molecule has 0 bridgehead atoms. The maximum absolute atomic E-state index is 12.8. The largest absolute Gasteiger partial charge is 0.496 e. The van der Waals surface area contributed by atoms with E-state index in [0.717, 1.165) is 15.6 Å². The highest BCUT2D eigenvalue weighted by molar-refractivity contribution is 9.10. The number of nitrogens with zero attached hydrogens (tertiary/aromatic N) is 2. The molecule has 0 spiro atoms. The van der Waals surface area contributed by atoms with Gasteiger partial charge in [0, 0.05) is 28.1 Å². The van der Waals surface area contributed by atoms with E-state index in [0.29, 0.717) is 34.0 Å². The van der Waals surface area contributed by atoms with Crippen LogP contribution < -0.4 is 10.1 Å². The van der Waals surface area contributed by atoms with Gasteiger partial charge in [-0.25, -0.2) is 4.98 Å². The molecule has 4 rings (SSSR count). The number of rotatable bonds is 4. The number of aryl methyl sites for hydroxylation is 1. The Morgan fingerprint density at radius 3 is 2.68 bits per heavy atom. The molecule has 28 heavy (non-hydrogen) atoms. The lowest BCUT2D eigenvalue weighted by Crippen LogP contribution is -2.13. The van der Waals surface area contributed by atoms with Crippen molar-refractivity contribution < 1.29 is 13.9 Å². The van der Waals surface area contributed by atoms with Crippen molar-refractivity contribution in [1.29, 1.82) is 0 Å². The second-order valence-electron chi connectivity index (χ2n) is 6.20. The van der Waals surface area contributed by atoms with Gasteiger partial charge in [0.25, 0.3) is 5.91 Å². The fraction of sp³-hybridized carbons (Fsp3) is 0.0952. The van der Waals surface area contributed by atoms with E-state index >= 15 is 0 Å². The van der Waals surface area contributed by atoms with Crippen LogP contribution in [-0.4, -0.2) is 23.0 Å². The molecule has 2 aromatic carbocycles. The maximum atomic E-state index is 12.8. The molecule has 6 nitrogen and oxygen atoms in total. The lowest BCUT2D eigenvalue weighted by Gasteiger charge is -2.12. The van der Waals surface area contributed by atoms with Crippen LogP contribution >= 0.6 is 15.9 Å². The molecule has 0 atom stereocenters. The third-order valence-corrected chi connectivity index (χ3v) is 4.72. The van der Waals surface area contributed by atoms with Crippen molar-refractivity contribution in [3.63, 3.8) is 0 Å². The number of carbonyl (C=O) groups is 1. The Hall–Kier alpha value is -3.19. The summed E-state index contributed by atoms with van der Waals surface area (Å²) in [7, 11) is 1.55. The molecule has 7 heteroatoms. The highest BCUT2D eigenvalue weighted by atomic mass is 79.9. The van der Waals surface area contributed by atoms with E-state index in [1.807, 2.05) is 25.1 Å². The summed E-state index contributed by atoms with van der Waals surface area (Å²) in [5.74, 6) is 0.784. The quantitative estimate of drug-likeness (QED) is 0.473. The van der Waals surface area contributed by atoms with Crippen LogP contribution in [0.3, 0.4) is 0 Å². The molecule has 4 aromatic rings. The molecule has 140 valence electrons. The molecule has 0 aliphatic heterocycles. The lowest BCUT2D eigenvalue weighted by molar-refractivity contribution is 0.102. The zero-order chi connectivity index (χ0) is 19.7. The molecule has 2 heterocycles. The highest BCUT2D eigenvalue weighted by Gasteiger charge is 2.16. The van der Waals surface area contributed by atoms with Crippen molar-refractivity contribution in [2.24, 2.45) is 0 Å². The van der Waals surface area contributed by atoms with E-state index in [1.165, 1.54) is 0 Å². The van der Waals surface area contributed by atoms with Gasteiger partial charge in [0.2, 0.25) is 5.89 Å². The van der Waals surface area contributed by atoms with Crippen LogP contribution in [-0.2, 0) is 0 Å². The molecule has 1 N–H and O–H groups in total. The minimum atomic E-state index is -0.265. The second kappa shape index (κ2) is 7.44. The smallest absolute Gasteiger partial charge is 0.259 e. The summed E-state index contributed by atoms with van der Waals surface area (Å²) in [6.07, 6.45) is 3.37. The Kier molecular flexibility index (Phi) is 4.83. The standard InChI is InChI=1S/C21H16BrN3O3/c1-12-9-14(22)10-16(19(12)27-2)20(26)24-15-3-4-18-17(11-15)25-21(28-18)13-5-7-23-8-6-13/h3-11H,1-2H3,(H,24,26). The van der Waals surface area contributed by atoms with Crippen LogP contribution in [0.2, 0.25) is 0 Å². The number of anilines is 1. The number of hydrogen-bond acceptors (Lipinski definition) is 5. The third kappa shape index (κ3) is 3.48. The Balaban J connectivity index is 1.64. The first-order valence-corrected chi connectivity index (χ1v) is 9.31. The van der Waals surface area contributed by atoms with Gasteiger partial charge < -0.3 is 14.5 Å². The van der Waals surface area contributed by atoms with Gasteiger partial charge in [-0.3, -0.25) is 9.78 Å². The minimum absolute atomic E-state index is 0.265. The number of fused-ring (bicyclic) bond motifs is 1. The number of benzene rings is 2. The average Bonchev–Trinajstić information content (AvgIpc) is 3.11. The zero-order valence-corrected chi connectivity index (χ0v) is 16.8. The van der Waals surface area contributed by atoms with Crippen molar-refractivity contribution >= 4 is 38.6 Å². The van der Waals surface area contributed by atoms with Gasteiger partial charge in [-0.1, -0.05) is 15.9 Å². The summed E-state index contributed by atoms with van der Waals surface area (Å²) in [5, 5.41) is 2.90. The van der Waals surface area contributed by atoms with E-state index in [9.17, 15) is 4.79 Å². The summed E-state index contributed by atoms with van der Waals surface area (Å²) in [5.41, 5.74) is 4.07. The van der Waals surface area contributed by atoms with Gasteiger partial charge in [-0.2, -0.15) is 0 Å². The summed E-state index contributed by atoms with van der Waals surface area (Å²) in [6.45, 7) is 1.89. The predicted molar refractivity (Wildman–Crippen MR) is 111 cm³/mol. The van der Waals surface area contributed by atoms with Gasteiger partial charge in [-0.05, 0) is 55.0 Å². The number of halogens is 1. The summed E-state index contributed by atoms with van der Waals surface area (Å²) in [6, 6.07) is 12.6. The highest BCUT2D eigenvalue weighted by Crippen LogP contribution is 2.30. The molecule has 0 unspecified atom stereocenters. The number of hydrogen-bond donors (Lipinski definition) is 1. The van der Waals surface area contributed by atoms with Crippen LogP contribution in [0.1, 0.15) is 15.9 Å². The van der Waals surface area contributed by atoms with E-state index in [-0.39, 0.29) is 5.91 Å². The SMILES string of the molecule is COc1c(C)cc(Br)cc1C(=O)Nc1ccc2oc(-c3ccncc3)nc2c1. The Labute approximate surface area is 169 Å². The number of ether oxygens (including phenoxy) is 1. The lowest BCUT2D eigenvalue weighted by atomic mass is 10.1. The fourth-order valence-corrected chi connectivity index (χ4v) is 3.56. The molecule has 2 aromatic heterocycles. The normalized spacial score (nSPS) is 10.8. The zero-order valence-electron chi connectivity index (χ0n) is 15.2. The fourth-order valence-electron chi connectivity index (χ4n) is 2.99. The maximum Gasteiger partial charge on any atom is 0.259 e. The van der Waals surface area contributed by atoms with Crippen molar-refractivity contribution in [2.45, 2.75) is 6.92 Å². The first-order valence-electron chi connectivity index (χ1n) is 8.51. The molecule has 1 amide bonds. The number of pyridine rings is 1. The van der Waals surface area contributed by atoms with Crippen molar-refractivity contribution in [3.8, 4) is 17.2 Å². The van der Waals surface area contributed by atoms with Crippen LogP contribution in [0.25, 0.3) is 22.6 Å². The predicted octanol–water partition coefficient (Wildman–Crippen LogP) is 5.22. The van der Waals surface area contributed by atoms with E-state index in [1.54, 1.807) is 43.8 Å². The van der Waals surface area contributed by atoms with Crippen LogP contribution in [0.5, 0.6) is 5.75 Å². The molecular weight excluding hydrogens is 422 g/mol. The van der Waals surface area contributed by atoms with E-state index in [4.69, 9.17) is 9.15 Å². The van der Waals surface area contributed by atoms with Crippen molar-refractivity contribution in [1.82, 2.24) is 9.97 Å². The molecule has 0 saturated heterocycles. The summed E-state index contributed by atoms with van der Waals surface area (Å²) < 4.78 is 12.0. The van der Waals surface area contributed by atoms with Gasteiger partial charge in [0.15, 0.2) is 5.58 Å². The summed E-state index contributed by atoms with van der Waals surface area (Å²) in [4.78, 5) is 21.3. The third-order valence-electron chi connectivity index (χ3n) is 4.26. The van der Waals surface area contributed by atoms with Gasteiger partial charge >= 0.3 is 0 Å². The first kappa shape index (κ1) is 18.2. The van der Waals surface area contributed by atoms with Crippen LogP contribution in [0, 0.1) is 6.92 Å². The van der Waals surface area contributed by atoms with Crippen LogP contribution in [0.15, 0.2) is 63.7 Å². The second-order valence-corrected chi connectivity index (χ2v) is 7.11. The monoisotopic (exact) mass is 437 g/mol. The minimum Gasteiger partial charge on any atom is -0.496 e. The Bertz CT molecular complexity index is 1170.